The number of hydrogen-bond donors (Lipinski definition) is 0. The number of hydrogen-bond acceptors (Lipinski definition) is 10. The SMILES string of the molecule is COc1ncccc1-c1ccc(Cl)c(O[C@@H]2SC[C@@H](OC(C)=O)[C@H](OC(C)=O)[C@H]2OC(C)=O)c1. The summed E-state index contributed by atoms with van der Waals surface area (Å²) in [6.45, 7) is 3.69. The first-order valence-electron chi connectivity index (χ1n) is 10.3. The maximum absolute atomic E-state index is 11.9. The van der Waals surface area contributed by atoms with Crippen LogP contribution in [-0.4, -0.2) is 59.5 Å². The molecular weight excluding hydrogens is 486 g/mol. The van der Waals surface area contributed by atoms with Gasteiger partial charge in [-0.25, -0.2) is 4.98 Å². The van der Waals surface area contributed by atoms with E-state index in [9.17, 15) is 14.4 Å². The minimum Gasteiger partial charge on any atom is -0.481 e. The summed E-state index contributed by atoms with van der Waals surface area (Å²) in [5.41, 5.74) is 0.666. The second-order valence-electron chi connectivity index (χ2n) is 7.32. The highest BCUT2D eigenvalue weighted by Crippen LogP contribution is 2.39. The number of methoxy groups -OCH3 is 1. The molecule has 1 aromatic carbocycles. The van der Waals surface area contributed by atoms with Crippen LogP contribution in [0.15, 0.2) is 36.5 Å². The predicted octanol–water partition coefficient (Wildman–Crippen LogP) is 3.66. The van der Waals surface area contributed by atoms with E-state index in [0.717, 1.165) is 11.1 Å². The van der Waals surface area contributed by atoms with Crippen molar-refractivity contribution in [3.05, 3.63) is 41.6 Å². The number of aromatic nitrogens is 1. The summed E-state index contributed by atoms with van der Waals surface area (Å²) in [6, 6.07) is 8.80. The van der Waals surface area contributed by atoms with Crippen LogP contribution in [0, 0.1) is 0 Å². The van der Waals surface area contributed by atoms with E-state index in [1.54, 1.807) is 30.5 Å². The van der Waals surface area contributed by atoms with Gasteiger partial charge in [-0.15, -0.1) is 11.8 Å². The average Bonchev–Trinajstić information content (AvgIpc) is 2.78. The summed E-state index contributed by atoms with van der Waals surface area (Å²) < 4.78 is 27.7. The third kappa shape index (κ3) is 6.32. The predicted molar refractivity (Wildman–Crippen MR) is 125 cm³/mol. The molecule has 4 atom stereocenters. The molecule has 0 bridgehead atoms. The quantitative estimate of drug-likeness (QED) is 0.405. The molecule has 2 heterocycles. The van der Waals surface area contributed by atoms with Crippen LogP contribution in [0.5, 0.6) is 11.6 Å². The minimum absolute atomic E-state index is 0.244. The summed E-state index contributed by atoms with van der Waals surface area (Å²) >= 11 is 7.65. The molecule has 2 aromatic rings. The Morgan fingerprint density at radius 3 is 2.32 bits per heavy atom. The molecule has 3 rings (SSSR count). The Balaban J connectivity index is 1.94. The van der Waals surface area contributed by atoms with Crippen molar-refractivity contribution in [2.75, 3.05) is 12.9 Å². The maximum Gasteiger partial charge on any atom is 0.303 e. The number of rotatable bonds is 7. The number of pyridine rings is 1. The Labute approximate surface area is 206 Å². The van der Waals surface area contributed by atoms with Gasteiger partial charge in [-0.3, -0.25) is 14.4 Å². The fourth-order valence-electron chi connectivity index (χ4n) is 3.47. The summed E-state index contributed by atoms with van der Waals surface area (Å²) in [6.07, 6.45) is -1.32. The van der Waals surface area contributed by atoms with Gasteiger partial charge >= 0.3 is 17.9 Å². The standard InChI is InChI=1S/C23H24ClNO8S/c1-12(26)30-19-11-34-23(21(32-14(3)28)20(19)31-13(2)27)33-18-10-15(7-8-17(18)24)16-6-5-9-25-22(16)29-4/h5-10,19-21,23H,11H2,1-4H3/t19-,20+,21-,23-/m1/s1. The van der Waals surface area contributed by atoms with Gasteiger partial charge < -0.3 is 23.7 Å². The average molecular weight is 510 g/mol. The molecule has 0 saturated carbocycles. The Morgan fingerprint density at radius 1 is 1.00 bits per heavy atom. The van der Waals surface area contributed by atoms with Gasteiger partial charge in [0.05, 0.1) is 12.1 Å². The van der Waals surface area contributed by atoms with Crippen LogP contribution in [0.1, 0.15) is 20.8 Å². The lowest BCUT2D eigenvalue weighted by atomic mass is 10.1. The molecule has 0 unspecified atom stereocenters. The van der Waals surface area contributed by atoms with E-state index in [1.165, 1.54) is 39.6 Å². The van der Waals surface area contributed by atoms with Crippen molar-refractivity contribution in [2.45, 2.75) is 44.5 Å². The molecule has 182 valence electrons. The number of esters is 3. The zero-order chi connectivity index (χ0) is 24.8. The summed E-state index contributed by atoms with van der Waals surface area (Å²) in [4.78, 5) is 39.4. The number of carbonyl (C=O) groups is 3. The highest BCUT2D eigenvalue weighted by atomic mass is 35.5. The van der Waals surface area contributed by atoms with Crippen LogP contribution in [0.3, 0.4) is 0 Å². The number of halogens is 1. The van der Waals surface area contributed by atoms with Crippen LogP contribution in [-0.2, 0) is 28.6 Å². The number of ether oxygens (including phenoxy) is 5. The Bertz CT molecular complexity index is 1070. The lowest BCUT2D eigenvalue weighted by Gasteiger charge is -2.40. The lowest BCUT2D eigenvalue weighted by Crippen LogP contribution is -2.55. The fourth-order valence-corrected chi connectivity index (χ4v) is 4.84. The van der Waals surface area contributed by atoms with Crippen molar-refractivity contribution < 1.29 is 38.1 Å². The molecule has 1 aliphatic heterocycles. The van der Waals surface area contributed by atoms with Crippen molar-refractivity contribution >= 4 is 41.3 Å². The first-order valence-corrected chi connectivity index (χ1v) is 11.7. The molecule has 1 fully saturated rings. The topological polar surface area (TPSA) is 110 Å². The number of benzene rings is 1. The number of thioether (sulfide) groups is 1. The second kappa shape index (κ2) is 11.4. The molecule has 1 aromatic heterocycles. The van der Waals surface area contributed by atoms with Crippen LogP contribution in [0.25, 0.3) is 11.1 Å². The van der Waals surface area contributed by atoms with Gasteiger partial charge in [0.25, 0.3) is 0 Å². The van der Waals surface area contributed by atoms with E-state index in [-0.39, 0.29) is 5.75 Å². The molecule has 0 radical (unpaired) electrons. The van der Waals surface area contributed by atoms with Gasteiger partial charge in [0.1, 0.15) is 5.75 Å². The zero-order valence-electron chi connectivity index (χ0n) is 19.0. The summed E-state index contributed by atoms with van der Waals surface area (Å²) in [5.74, 6) is -0.793. The van der Waals surface area contributed by atoms with Gasteiger partial charge in [0.15, 0.2) is 23.7 Å². The second-order valence-corrected chi connectivity index (χ2v) is 8.86. The smallest absolute Gasteiger partial charge is 0.303 e. The molecule has 0 spiro atoms. The van der Waals surface area contributed by atoms with Gasteiger partial charge in [0.2, 0.25) is 5.88 Å². The molecule has 11 heteroatoms. The third-order valence-corrected chi connectivity index (χ3v) is 6.28. The van der Waals surface area contributed by atoms with E-state index >= 15 is 0 Å². The highest BCUT2D eigenvalue weighted by Gasteiger charge is 2.47. The van der Waals surface area contributed by atoms with E-state index in [0.29, 0.717) is 16.7 Å². The Morgan fingerprint density at radius 2 is 1.68 bits per heavy atom. The highest BCUT2D eigenvalue weighted by molar-refractivity contribution is 7.99. The Kier molecular flexibility index (Phi) is 8.62. The first-order chi connectivity index (χ1) is 16.2. The van der Waals surface area contributed by atoms with Gasteiger partial charge in [-0.1, -0.05) is 17.7 Å². The van der Waals surface area contributed by atoms with Crippen molar-refractivity contribution in [1.29, 1.82) is 0 Å². The normalized spacial score (nSPS) is 21.8. The van der Waals surface area contributed by atoms with E-state index in [2.05, 4.69) is 4.98 Å². The van der Waals surface area contributed by atoms with Crippen LogP contribution >= 0.6 is 23.4 Å². The zero-order valence-corrected chi connectivity index (χ0v) is 20.6. The first kappa shape index (κ1) is 25.6. The van der Waals surface area contributed by atoms with Gasteiger partial charge in [0, 0.05) is 38.3 Å². The van der Waals surface area contributed by atoms with Crippen molar-refractivity contribution in [1.82, 2.24) is 4.98 Å². The van der Waals surface area contributed by atoms with Crippen LogP contribution < -0.4 is 9.47 Å². The number of carbonyl (C=O) groups excluding carboxylic acids is 3. The van der Waals surface area contributed by atoms with Crippen molar-refractivity contribution in [2.24, 2.45) is 0 Å². The lowest BCUT2D eigenvalue weighted by molar-refractivity contribution is -0.186. The molecular formula is C23H24ClNO8S. The van der Waals surface area contributed by atoms with E-state index in [1.807, 2.05) is 6.07 Å². The van der Waals surface area contributed by atoms with Crippen LogP contribution in [0.2, 0.25) is 5.02 Å². The van der Waals surface area contributed by atoms with Crippen molar-refractivity contribution in [3.63, 3.8) is 0 Å². The van der Waals surface area contributed by atoms with Gasteiger partial charge in [-0.2, -0.15) is 0 Å². The molecule has 34 heavy (non-hydrogen) atoms. The van der Waals surface area contributed by atoms with E-state index < -0.39 is 41.7 Å². The Hall–Kier alpha value is -2.98. The number of nitrogens with zero attached hydrogens (tertiary/aromatic N) is 1. The molecule has 1 aliphatic rings. The third-order valence-electron chi connectivity index (χ3n) is 4.75. The fraction of sp³-hybridized carbons (Fsp3) is 0.391. The maximum atomic E-state index is 11.9. The van der Waals surface area contributed by atoms with Crippen LogP contribution in [0.4, 0.5) is 0 Å². The minimum atomic E-state index is -1.06. The van der Waals surface area contributed by atoms with Crippen molar-refractivity contribution in [3.8, 4) is 22.8 Å². The summed E-state index contributed by atoms with van der Waals surface area (Å²) in [7, 11) is 1.52. The molecule has 1 saturated heterocycles. The molecule has 0 N–H and O–H groups in total. The molecule has 0 aliphatic carbocycles. The van der Waals surface area contributed by atoms with Gasteiger partial charge in [-0.05, 0) is 29.8 Å². The van der Waals surface area contributed by atoms with E-state index in [4.69, 9.17) is 35.3 Å². The monoisotopic (exact) mass is 509 g/mol. The largest absolute Gasteiger partial charge is 0.481 e. The molecule has 9 nitrogen and oxygen atoms in total. The molecule has 0 amide bonds. The summed E-state index contributed by atoms with van der Waals surface area (Å²) in [5, 5.41) is 0.319.